The first kappa shape index (κ1) is 46.4. The van der Waals surface area contributed by atoms with Crippen molar-refractivity contribution in [1.29, 1.82) is 0 Å². The van der Waals surface area contributed by atoms with Crippen LogP contribution >= 0.6 is 11.8 Å². The minimum absolute atomic E-state index is 0.111. The van der Waals surface area contributed by atoms with Gasteiger partial charge in [-0.15, -0.1) is 0 Å². The molecule has 0 unspecified atom stereocenters. The van der Waals surface area contributed by atoms with E-state index in [-0.39, 0.29) is 11.4 Å². The maximum Gasteiger partial charge on any atom is 0.312 e. The largest absolute Gasteiger partial charge is 0.426 e. The van der Waals surface area contributed by atoms with Gasteiger partial charge in [-0.2, -0.15) is 11.8 Å². The first-order valence-corrected chi connectivity index (χ1v) is 23.2. The van der Waals surface area contributed by atoms with E-state index in [1.807, 2.05) is 11.8 Å². The van der Waals surface area contributed by atoms with Crippen molar-refractivity contribution in [2.24, 2.45) is 5.92 Å². The van der Waals surface area contributed by atoms with Crippen LogP contribution in [0.1, 0.15) is 211 Å². The van der Waals surface area contributed by atoms with Gasteiger partial charge in [0, 0.05) is 11.3 Å². The van der Waals surface area contributed by atoms with Gasteiger partial charge in [-0.05, 0) is 102 Å². The number of hydrogen-bond donors (Lipinski definition) is 0. The summed E-state index contributed by atoms with van der Waals surface area (Å²) >= 11 is 1.90. The molecular weight excluding hydrogens is 653 g/mol. The summed E-state index contributed by atoms with van der Waals surface area (Å²) in [6.45, 7) is 20.4. The predicted octanol–water partition coefficient (Wildman–Crippen LogP) is 15.9. The predicted molar refractivity (Wildman–Crippen MR) is 234 cm³/mol. The van der Waals surface area contributed by atoms with Crippen LogP contribution in [0.25, 0.3) is 11.1 Å². The van der Waals surface area contributed by atoms with Crippen LogP contribution in [0.2, 0.25) is 0 Å². The Kier molecular flexibility index (Phi) is 24.0. The molecule has 0 spiro atoms. The zero-order valence-corrected chi connectivity index (χ0v) is 36.6. The lowest BCUT2D eigenvalue weighted by Gasteiger charge is -2.25. The topological polar surface area (TPSA) is 26.3 Å². The Morgan fingerprint density at radius 3 is 1.62 bits per heavy atom. The van der Waals surface area contributed by atoms with Crippen molar-refractivity contribution in [3.8, 4) is 16.9 Å². The Morgan fingerprint density at radius 2 is 1.10 bits per heavy atom. The smallest absolute Gasteiger partial charge is 0.312 e. The van der Waals surface area contributed by atoms with Gasteiger partial charge in [0.05, 0.1) is 6.42 Å². The lowest BCUT2D eigenvalue weighted by molar-refractivity contribution is -0.133. The molecule has 3 heteroatoms. The maximum atomic E-state index is 13.1. The highest BCUT2D eigenvalue weighted by Crippen LogP contribution is 2.39. The molecule has 2 nitrogen and oxygen atoms in total. The summed E-state index contributed by atoms with van der Waals surface area (Å²) in [4.78, 5) is 13.1. The number of unbranched alkanes of at least 4 members (excludes halogenated alkanes) is 18. The quantitative estimate of drug-likeness (QED) is 0.0473. The number of aryl methyl sites for hydroxylation is 3. The van der Waals surface area contributed by atoms with Gasteiger partial charge in [0.1, 0.15) is 5.75 Å². The molecule has 0 heterocycles. The second-order valence-electron chi connectivity index (χ2n) is 17.4. The molecule has 296 valence electrons. The lowest BCUT2D eigenvalue weighted by Crippen LogP contribution is -2.17. The monoisotopic (exact) mass is 735 g/mol. The highest BCUT2D eigenvalue weighted by Gasteiger charge is 2.24. The maximum absolute atomic E-state index is 13.1. The second kappa shape index (κ2) is 26.9. The average Bonchev–Trinajstić information content (AvgIpc) is 3.08. The van der Waals surface area contributed by atoms with Gasteiger partial charge in [-0.1, -0.05) is 176 Å². The fourth-order valence-electron chi connectivity index (χ4n) is 7.53. The molecule has 0 atom stereocenters. The second-order valence-corrected chi connectivity index (χ2v) is 18.6. The van der Waals surface area contributed by atoms with Gasteiger partial charge in [-0.3, -0.25) is 4.79 Å². The van der Waals surface area contributed by atoms with Gasteiger partial charge in [0.15, 0.2) is 0 Å². The fraction of sp³-hybridized carbons (Fsp3) is 0.735. The molecule has 0 saturated carbocycles. The van der Waals surface area contributed by atoms with Crippen LogP contribution in [0, 0.1) is 19.8 Å². The van der Waals surface area contributed by atoms with E-state index in [1.54, 1.807) is 5.56 Å². The van der Waals surface area contributed by atoms with Gasteiger partial charge < -0.3 is 4.74 Å². The number of benzene rings is 2. The zero-order chi connectivity index (χ0) is 38.2. The van der Waals surface area contributed by atoms with Crippen LogP contribution in [0.15, 0.2) is 24.3 Å². The molecule has 52 heavy (non-hydrogen) atoms. The first-order valence-electron chi connectivity index (χ1n) is 22.0. The highest BCUT2D eigenvalue weighted by atomic mass is 32.2. The molecule has 0 amide bonds. The van der Waals surface area contributed by atoms with E-state index in [1.165, 1.54) is 163 Å². The molecule has 2 aromatic carbocycles. The van der Waals surface area contributed by atoms with Crippen molar-refractivity contribution in [2.45, 2.75) is 215 Å². The summed E-state index contributed by atoms with van der Waals surface area (Å²) < 4.78 is 6.13. The van der Waals surface area contributed by atoms with Gasteiger partial charge in [-0.25, -0.2) is 0 Å². The van der Waals surface area contributed by atoms with Crippen molar-refractivity contribution in [1.82, 2.24) is 0 Å². The molecular formula is C49H82O2S. The van der Waals surface area contributed by atoms with E-state index in [2.05, 4.69) is 86.6 Å². The normalized spacial score (nSPS) is 11.9. The zero-order valence-electron chi connectivity index (χ0n) is 35.8. The molecule has 0 aliphatic carbocycles. The van der Waals surface area contributed by atoms with Crippen LogP contribution < -0.4 is 4.74 Å². The van der Waals surface area contributed by atoms with Crippen molar-refractivity contribution in [2.75, 3.05) is 11.5 Å². The van der Waals surface area contributed by atoms with E-state index in [9.17, 15) is 4.79 Å². The lowest BCUT2D eigenvalue weighted by atomic mass is 9.81. The van der Waals surface area contributed by atoms with Gasteiger partial charge >= 0.3 is 5.97 Å². The molecule has 0 N–H and O–H groups in total. The summed E-state index contributed by atoms with van der Waals surface area (Å²) in [7, 11) is 0. The van der Waals surface area contributed by atoms with E-state index in [0.717, 1.165) is 29.2 Å². The van der Waals surface area contributed by atoms with Crippen LogP contribution in [0.4, 0.5) is 0 Å². The molecule has 0 saturated heterocycles. The Labute approximate surface area is 327 Å². The number of rotatable bonds is 29. The molecule has 0 radical (unpaired) electrons. The van der Waals surface area contributed by atoms with Crippen molar-refractivity contribution < 1.29 is 9.53 Å². The van der Waals surface area contributed by atoms with Crippen LogP contribution in [0.5, 0.6) is 5.75 Å². The van der Waals surface area contributed by atoms with E-state index < -0.39 is 0 Å². The number of carbonyl (C=O) groups excluding carboxylic acids is 1. The minimum atomic E-state index is -0.146. The van der Waals surface area contributed by atoms with E-state index >= 15 is 0 Å². The van der Waals surface area contributed by atoms with Gasteiger partial charge in [0.25, 0.3) is 0 Å². The molecule has 0 aromatic heterocycles. The van der Waals surface area contributed by atoms with Crippen molar-refractivity contribution in [3.63, 3.8) is 0 Å². The standard InChI is InChI=1S/C49H82O2S/c1-10-12-14-16-18-20-22-24-26-28-30-42-35-40(5)44(37-43(42)34-39(3)4)45-38-46(49(7,8)9)47(36-41(45)6)51-48(50)31-33-52-32-29-27-25-23-21-19-17-15-13-11-2/h35-39H,10-34H2,1-9H3. The number of thioether (sulfide) groups is 1. The summed E-state index contributed by atoms with van der Waals surface area (Å²) in [5, 5.41) is 0. The Morgan fingerprint density at radius 1 is 0.615 bits per heavy atom. The van der Waals surface area contributed by atoms with Crippen LogP contribution in [-0.2, 0) is 23.1 Å². The van der Waals surface area contributed by atoms with Crippen molar-refractivity contribution >= 4 is 17.7 Å². The minimum Gasteiger partial charge on any atom is -0.426 e. The molecule has 0 fully saturated rings. The summed E-state index contributed by atoms with van der Waals surface area (Å²) in [6.07, 6.45) is 30.1. The Hall–Kier alpha value is -1.74. The number of hydrogen-bond acceptors (Lipinski definition) is 3. The van der Waals surface area contributed by atoms with Crippen LogP contribution in [-0.4, -0.2) is 17.5 Å². The fourth-order valence-corrected chi connectivity index (χ4v) is 8.46. The highest BCUT2D eigenvalue weighted by molar-refractivity contribution is 7.99. The molecule has 0 aliphatic heterocycles. The molecule has 0 bridgehead atoms. The van der Waals surface area contributed by atoms with E-state index in [0.29, 0.717) is 12.3 Å². The number of esters is 1. The van der Waals surface area contributed by atoms with Crippen LogP contribution in [0.3, 0.4) is 0 Å². The van der Waals surface area contributed by atoms with Gasteiger partial charge in [0.2, 0.25) is 0 Å². The number of carbonyl (C=O) groups is 1. The molecule has 2 aromatic rings. The summed E-state index contributed by atoms with van der Waals surface area (Å²) in [6, 6.07) is 9.43. The Bertz CT molecular complexity index is 1250. The number of ether oxygens (including phenoxy) is 1. The van der Waals surface area contributed by atoms with Crippen molar-refractivity contribution in [3.05, 3.63) is 52.1 Å². The molecule has 0 aliphatic rings. The SMILES string of the molecule is CCCCCCCCCCCCSCCC(=O)Oc1cc(C)c(-c2cc(CC(C)C)c(CCCCCCCCCCCC)cc2C)cc1C(C)(C)C. The average molecular weight is 735 g/mol. The third-order valence-electron chi connectivity index (χ3n) is 10.7. The summed E-state index contributed by atoms with van der Waals surface area (Å²) in [5.74, 6) is 3.21. The third kappa shape index (κ3) is 19.0. The summed E-state index contributed by atoms with van der Waals surface area (Å²) in [5.41, 5.74) is 9.13. The third-order valence-corrected chi connectivity index (χ3v) is 11.8. The molecule has 2 rings (SSSR count). The Balaban J connectivity index is 1.98. The van der Waals surface area contributed by atoms with E-state index in [4.69, 9.17) is 4.74 Å². The first-order chi connectivity index (χ1) is 25.0.